The molecule has 0 unspecified atom stereocenters. The molecule has 0 saturated heterocycles. The van der Waals surface area contributed by atoms with Gasteiger partial charge in [-0.1, -0.05) is 11.6 Å². The fourth-order valence-electron chi connectivity index (χ4n) is 3.44. The normalized spacial score (nSPS) is 11.8. The largest absolute Gasteiger partial charge is 0.487 e. The molecule has 0 radical (unpaired) electrons. The molecule has 4 rings (SSSR count). The number of amides is 1. The lowest BCUT2D eigenvalue weighted by atomic mass is 10.0. The van der Waals surface area contributed by atoms with Crippen LogP contribution >= 0.6 is 23.2 Å². The third-order valence-electron chi connectivity index (χ3n) is 4.83. The van der Waals surface area contributed by atoms with Gasteiger partial charge in [-0.05, 0) is 56.3 Å². The minimum atomic E-state index is -3.81. The zero-order chi connectivity index (χ0) is 23.0. The van der Waals surface area contributed by atoms with Crippen LogP contribution in [0, 0.1) is 0 Å². The number of alkyl halides is 3. The van der Waals surface area contributed by atoms with Gasteiger partial charge in [0.1, 0.15) is 5.75 Å². The van der Waals surface area contributed by atoms with E-state index >= 15 is 0 Å². The number of anilines is 1. The zero-order valence-corrected chi connectivity index (χ0v) is 18.5. The standard InChI is InChI=1S/C22H18Cl2F2N4O2/c1-12(2)30-11-18(23)16-9-13(10-17(20(16)30)19-7-8-27-29-19)21(31)28-14-3-5-15(6-4-14)32-22(24,25)26/h3-12H,1-2H3,(H,27,29)(H,28,31). The first-order valence-corrected chi connectivity index (χ1v) is 10.4. The van der Waals surface area contributed by atoms with Crippen molar-refractivity contribution in [1.29, 1.82) is 0 Å². The van der Waals surface area contributed by atoms with Crippen LogP contribution in [0.5, 0.6) is 5.75 Å². The number of H-pyrrole nitrogens is 1. The van der Waals surface area contributed by atoms with Crippen LogP contribution in [-0.2, 0) is 0 Å². The molecule has 10 heteroatoms. The maximum atomic E-state index is 13.0. The lowest BCUT2D eigenvalue weighted by Gasteiger charge is -2.14. The molecule has 2 aromatic carbocycles. The second-order valence-corrected chi connectivity index (χ2v) is 8.24. The molecule has 2 heterocycles. The molecule has 0 atom stereocenters. The van der Waals surface area contributed by atoms with E-state index in [2.05, 4.69) is 20.3 Å². The number of nitrogens with zero attached hydrogens (tertiary/aromatic N) is 2. The number of hydrogen-bond acceptors (Lipinski definition) is 3. The van der Waals surface area contributed by atoms with Crippen molar-refractivity contribution in [3.8, 4) is 17.0 Å². The molecule has 0 aliphatic rings. The molecule has 0 aliphatic carbocycles. The summed E-state index contributed by atoms with van der Waals surface area (Å²) in [5.41, 5.74) is -0.639. The highest BCUT2D eigenvalue weighted by Crippen LogP contribution is 2.36. The number of carbonyl (C=O) groups is 1. The minimum Gasteiger partial charge on any atom is -0.420 e. The molecule has 166 valence electrons. The first-order chi connectivity index (χ1) is 15.1. The van der Waals surface area contributed by atoms with E-state index in [1.165, 1.54) is 24.3 Å². The van der Waals surface area contributed by atoms with E-state index in [-0.39, 0.29) is 11.8 Å². The molecule has 6 nitrogen and oxygen atoms in total. The van der Waals surface area contributed by atoms with Crippen molar-refractivity contribution < 1.29 is 18.3 Å². The maximum Gasteiger partial charge on any atom is 0.487 e. The molecule has 0 bridgehead atoms. The van der Waals surface area contributed by atoms with Crippen molar-refractivity contribution >= 4 is 45.7 Å². The Hall–Kier alpha value is -3.10. The minimum absolute atomic E-state index is 0.132. The average molecular weight is 479 g/mol. The lowest BCUT2D eigenvalue weighted by molar-refractivity contribution is -0.0964. The first-order valence-electron chi connectivity index (χ1n) is 9.63. The molecule has 1 amide bonds. The number of aromatic amines is 1. The number of rotatable bonds is 6. The van der Waals surface area contributed by atoms with Gasteiger partial charge in [0.15, 0.2) is 0 Å². The molecule has 2 aromatic heterocycles. The van der Waals surface area contributed by atoms with Crippen LogP contribution in [-0.4, -0.2) is 26.2 Å². The van der Waals surface area contributed by atoms with Gasteiger partial charge in [0.25, 0.3) is 5.91 Å². The van der Waals surface area contributed by atoms with E-state index in [0.717, 1.165) is 22.2 Å². The van der Waals surface area contributed by atoms with Crippen molar-refractivity contribution in [2.75, 3.05) is 5.32 Å². The van der Waals surface area contributed by atoms with Gasteiger partial charge in [-0.25, -0.2) is 0 Å². The topological polar surface area (TPSA) is 71.9 Å². The summed E-state index contributed by atoms with van der Waals surface area (Å²) in [5, 5.41) is 10.9. The predicted octanol–water partition coefficient (Wildman–Crippen LogP) is 6.69. The number of carbonyl (C=O) groups excluding carboxylic acids is 1. The number of aromatic nitrogens is 3. The highest BCUT2D eigenvalue weighted by atomic mass is 35.5. The maximum absolute atomic E-state index is 13.0. The van der Waals surface area contributed by atoms with E-state index in [1.807, 2.05) is 30.7 Å². The Labute approximate surface area is 192 Å². The van der Waals surface area contributed by atoms with Gasteiger partial charge < -0.3 is 14.6 Å². The Morgan fingerprint density at radius 3 is 2.53 bits per heavy atom. The van der Waals surface area contributed by atoms with Crippen molar-refractivity contribution in [2.24, 2.45) is 0 Å². The van der Waals surface area contributed by atoms with E-state index < -0.39 is 11.5 Å². The first kappa shape index (κ1) is 22.1. The summed E-state index contributed by atoms with van der Waals surface area (Å²) < 4.78 is 31.8. The predicted molar refractivity (Wildman–Crippen MR) is 121 cm³/mol. The molecule has 2 N–H and O–H groups in total. The molecule has 0 fully saturated rings. The smallest absolute Gasteiger partial charge is 0.420 e. The SMILES string of the molecule is CC(C)n1cc(Cl)c2cc(C(=O)Nc3ccc(OC(F)(F)Cl)cc3)cc(-c3ccn[nH]3)c21. The van der Waals surface area contributed by atoms with E-state index in [0.29, 0.717) is 16.3 Å². The number of hydrogen-bond donors (Lipinski definition) is 2. The van der Waals surface area contributed by atoms with Crippen molar-refractivity contribution in [1.82, 2.24) is 14.8 Å². The Bertz CT molecular complexity index is 1260. The van der Waals surface area contributed by atoms with Crippen LogP contribution in [0.3, 0.4) is 0 Å². The molecule has 32 heavy (non-hydrogen) atoms. The highest BCUT2D eigenvalue weighted by Gasteiger charge is 2.27. The van der Waals surface area contributed by atoms with Crippen molar-refractivity contribution in [3.05, 3.63) is 65.4 Å². The quantitative estimate of drug-likeness (QED) is 0.303. The summed E-state index contributed by atoms with van der Waals surface area (Å²) in [4.78, 5) is 13.0. The lowest BCUT2D eigenvalue weighted by Crippen LogP contribution is -2.16. The van der Waals surface area contributed by atoms with Gasteiger partial charge in [0.2, 0.25) is 0 Å². The van der Waals surface area contributed by atoms with Crippen molar-refractivity contribution in [3.63, 3.8) is 0 Å². The Morgan fingerprint density at radius 2 is 1.94 bits per heavy atom. The van der Waals surface area contributed by atoms with E-state index in [4.69, 9.17) is 23.2 Å². The van der Waals surface area contributed by atoms with Crippen LogP contribution in [0.15, 0.2) is 54.9 Å². The van der Waals surface area contributed by atoms with Crippen molar-refractivity contribution in [2.45, 2.75) is 25.5 Å². The van der Waals surface area contributed by atoms with Crippen LogP contribution in [0.1, 0.15) is 30.2 Å². The number of nitrogens with one attached hydrogen (secondary N) is 2. The fourth-order valence-corrected chi connectivity index (χ4v) is 3.78. The second-order valence-electron chi connectivity index (χ2n) is 7.39. The molecule has 0 saturated carbocycles. The highest BCUT2D eigenvalue weighted by molar-refractivity contribution is 6.36. The Kier molecular flexibility index (Phi) is 5.83. The van der Waals surface area contributed by atoms with Gasteiger partial charge in [-0.2, -0.15) is 5.10 Å². The van der Waals surface area contributed by atoms with Gasteiger partial charge in [0.05, 0.1) is 16.2 Å². The summed E-state index contributed by atoms with van der Waals surface area (Å²) in [6.07, 6.45) is 3.47. The van der Waals surface area contributed by atoms with Gasteiger partial charge in [-0.15, -0.1) is 8.78 Å². The number of fused-ring (bicyclic) bond motifs is 1. The monoisotopic (exact) mass is 478 g/mol. The van der Waals surface area contributed by atoms with E-state index in [9.17, 15) is 13.6 Å². The van der Waals surface area contributed by atoms with Crippen LogP contribution < -0.4 is 10.1 Å². The summed E-state index contributed by atoms with van der Waals surface area (Å²) in [6.45, 7) is 4.08. The van der Waals surface area contributed by atoms with E-state index in [1.54, 1.807) is 18.3 Å². The summed E-state index contributed by atoms with van der Waals surface area (Å²) in [6, 6.07) is 10.9. The molecular weight excluding hydrogens is 461 g/mol. The summed E-state index contributed by atoms with van der Waals surface area (Å²) in [7, 11) is 0. The fraction of sp³-hybridized carbons (Fsp3) is 0.182. The number of ether oxygens (including phenoxy) is 1. The molecule has 0 spiro atoms. The summed E-state index contributed by atoms with van der Waals surface area (Å²) in [5.74, 6) is -0.523. The van der Waals surface area contributed by atoms with Crippen LogP contribution in [0.4, 0.5) is 14.5 Å². The van der Waals surface area contributed by atoms with Gasteiger partial charge in [-0.3, -0.25) is 9.89 Å². The number of halogens is 4. The second kappa shape index (κ2) is 8.44. The molecule has 0 aliphatic heterocycles. The Balaban J connectivity index is 1.70. The van der Waals surface area contributed by atoms with Crippen LogP contribution in [0.25, 0.3) is 22.2 Å². The third-order valence-corrected chi connectivity index (χ3v) is 5.21. The Morgan fingerprint density at radius 1 is 1.22 bits per heavy atom. The molecule has 4 aromatic rings. The van der Waals surface area contributed by atoms with Gasteiger partial charge in [0, 0.05) is 52.2 Å². The average Bonchev–Trinajstić information content (AvgIpc) is 3.36. The molecular formula is C22H18Cl2F2N4O2. The van der Waals surface area contributed by atoms with Gasteiger partial charge >= 0.3 is 5.57 Å². The number of benzene rings is 2. The third kappa shape index (κ3) is 4.56. The van der Waals surface area contributed by atoms with Crippen LogP contribution in [0.2, 0.25) is 5.02 Å². The summed E-state index contributed by atoms with van der Waals surface area (Å²) >= 11 is 11.3. The zero-order valence-electron chi connectivity index (χ0n) is 17.0.